The van der Waals surface area contributed by atoms with Crippen molar-refractivity contribution in [3.63, 3.8) is 0 Å². The molecular weight excluding hydrogens is 401 g/mol. The molecule has 1 fully saturated rings. The van der Waals surface area contributed by atoms with Crippen molar-refractivity contribution in [1.29, 1.82) is 0 Å². The summed E-state index contributed by atoms with van der Waals surface area (Å²) < 4.78 is 2.00. The zero-order valence-corrected chi connectivity index (χ0v) is 15.8. The van der Waals surface area contributed by atoms with Crippen LogP contribution in [0, 0.1) is 5.92 Å². The number of hydrogen-bond acceptors (Lipinski definition) is 2. The summed E-state index contributed by atoms with van der Waals surface area (Å²) in [6.45, 7) is 4.89. The average Bonchev–Trinajstić information content (AvgIpc) is 3.07. The molecule has 2 N–H and O–H groups in total. The lowest BCUT2D eigenvalue weighted by molar-refractivity contribution is 0.270. The van der Waals surface area contributed by atoms with E-state index < -0.39 is 0 Å². The van der Waals surface area contributed by atoms with Crippen LogP contribution in [0.25, 0.3) is 5.69 Å². The van der Waals surface area contributed by atoms with Crippen molar-refractivity contribution >= 4 is 29.9 Å². The Bertz CT molecular complexity index is 638. The molecule has 1 aromatic carbocycles. The molecule has 5 nitrogen and oxygen atoms in total. The molecule has 1 aliphatic rings. The molecule has 3 rings (SSSR count). The van der Waals surface area contributed by atoms with Gasteiger partial charge in [0, 0.05) is 25.5 Å². The summed E-state index contributed by atoms with van der Waals surface area (Å²) in [5, 5.41) is 0. The van der Waals surface area contributed by atoms with Crippen molar-refractivity contribution in [2.75, 3.05) is 13.1 Å². The highest BCUT2D eigenvalue weighted by molar-refractivity contribution is 14.0. The lowest BCUT2D eigenvalue weighted by Crippen LogP contribution is -2.43. The molecule has 1 saturated heterocycles. The van der Waals surface area contributed by atoms with E-state index in [1.165, 1.54) is 12.8 Å². The molecule has 6 heteroatoms. The van der Waals surface area contributed by atoms with Crippen LogP contribution in [0.2, 0.25) is 0 Å². The predicted octanol–water partition coefficient (Wildman–Crippen LogP) is 3.04. The monoisotopic (exact) mass is 425 g/mol. The Morgan fingerprint density at radius 3 is 2.96 bits per heavy atom. The van der Waals surface area contributed by atoms with Crippen LogP contribution in [0.4, 0.5) is 0 Å². The topological polar surface area (TPSA) is 59.4 Å². The maximum absolute atomic E-state index is 6.18. The molecule has 0 aliphatic carbocycles. The number of hydrogen-bond donors (Lipinski definition) is 1. The SMILES string of the molecule is CC1CCCN(C(N)=NCc2ccccc2-n2ccnc2)C1.I. The van der Waals surface area contributed by atoms with Crippen LogP contribution in [0.15, 0.2) is 48.0 Å². The Balaban J connectivity index is 0.00000192. The number of rotatable bonds is 3. The molecule has 1 atom stereocenters. The number of imidazole rings is 1. The summed E-state index contributed by atoms with van der Waals surface area (Å²) in [6, 6.07) is 8.22. The predicted molar refractivity (Wildman–Crippen MR) is 104 cm³/mol. The number of nitrogens with two attached hydrogens (primary N) is 1. The van der Waals surface area contributed by atoms with Gasteiger partial charge in [0.1, 0.15) is 0 Å². The number of nitrogens with zero attached hydrogens (tertiary/aromatic N) is 4. The highest BCUT2D eigenvalue weighted by Gasteiger charge is 2.17. The number of guanidine groups is 1. The van der Waals surface area contributed by atoms with Gasteiger partial charge in [-0.05, 0) is 30.4 Å². The molecule has 1 aromatic heterocycles. The lowest BCUT2D eigenvalue weighted by atomic mass is 10.0. The van der Waals surface area contributed by atoms with Crippen molar-refractivity contribution in [2.45, 2.75) is 26.3 Å². The van der Waals surface area contributed by atoms with Gasteiger partial charge in [0.05, 0.1) is 18.6 Å². The summed E-state index contributed by atoms with van der Waals surface area (Å²) in [7, 11) is 0. The molecule has 0 spiro atoms. The van der Waals surface area contributed by atoms with E-state index in [2.05, 4.69) is 33.9 Å². The lowest BCUT2D eigenvalue weighted by Gasteiger charge is -2.31. The Morgan fingerprint density at radius 1 is 1.39 bits per heavy atom. The summed E-state index contributed by atoms with van der Waals surface area (Å²) in [6.07, 6.45) is 8.01. The number of aliphatic imine (C=N–C) groups is 1. The smallest absolute Gasteiger partial charge is 0.191 e. The molecule has 1 unspecified atom stereocenters. The average molecular weight is 425 g/mol. The van der Waals surface area contributed by atoms with E-state index in [0.717, 1.165) is 24.3 Å². The largest absolute Gasteiger partial charge is 0.370 e. The van der Waals surface area contributed by atoms with Gasteiger partial charge in [-0.1, -0.05) is 25.1 Å². The van der Waals surface area contributed by atoms with E-state index in [0.29, 0.717) is 18.4 Å². The van der Waals surface area contributed by atoms with E-state index >= 15 is 0 Å². The summed E-state index contributed by atoms with van der Waals surface area (Å²) in [4.78, 5) is 10.9. The minimum atomic E-state index is 0. The number of halogens is 1. The Labute approximate surface area is 154 Å². The molecule has 2 heterocycles. The van der Waals surface area contributed by atoms with E-state index in [1.54, 1.807) is 12.5 Å². The summed E-state index contributed by atoms with van der Waals surface area (Å²) in [5.74, 6) is 1.35. The van der Waals surface area contributed by atoms with Crippen molar-refractivity contribution in [3.05, 3.63) is 48.5 Å². The molecule has 0 saturated carbocycles. The second-order valence-electron chi connectivity index (χ2n) is 5.97. The fourth-order valence-electron chi connectivity index (χ4n) is 2.96. The minimum absolute atomic E-state index is 0. The van der Waals surface area contributed by atoms with Crippen LogP contribution in [-0.2, 0) is 6.54 Å². The third kappa shape index (κ3) is 4.46. The maximum Gasteiger partial charge on any atom is 0.191 e. The molecule has 0 bridgehead atoms. The third-order valence-electron chi connectivity index (χ3n) is 4.17. The Morgan fingerprint density at radius 2 is 2.22 bits per heavy atom. The fourth-order valence-corrected chi connectivity index (χ4v) is 2.96. The first-order valence-electron chi connectivity index (χ1n) is 7.85. The van der Waals surface area contributed by atoms with Crippen LogP contribution in [0.1, 0.15) is 25.3 Å². The van der Waals surface area contributed by atoms with Gasteiger partial charge in [0.15, 0.2) is 5.96 Å². The molecule has 0 radical (unpaired) electrons. The number of benzene rings is 1. The van der Waals surface area contributed by atoms with Gasteiger partial charge in [-0.2, -0.15) is 0 Å². The van der Waals surface area contributed by atoms with Crippen molar-refractivity contribution in [3.8, 4) is 5.69 Å². The van der Waals surface area contributed by atoms with Gasteiger partial charge in [-0.15, -0.1) is 24.0 Å². The molecule has 23 heavy (non-hydrogen) atoms. The van der Waals surface area contributed by atoms with Gasteiger partial charge < -0.3 is 15.2 Å². The van der Waals surface area contributed by atoms with Crippen LogP contribution in [-0.4, -0.2) is 33.5 Å². The zero-order chi connectivity index (χ0) is 15.4. The van der Waals surface area contributed by atoms with Crippen LogP contribution in [0.3, 0.4) is 0 Å². The van der Waals surface area contributed by atoms with Crippen molar-refractivity contribution < 1.29 is 0 Å². The first kappa shape index (κ1) is 17.8. The summed E-state index contributed by atoms with van der Waals surface area (Å²) >= 11 is 0. The quantitative estimate of drug-likeness (QED) is 0.467. The van der Waals surface area contributed by atoms with E-state index in [4.69, 9.17) is 5.73 Å². The fraction of sp³-hybridized carbons (Fsp3) is 0.412. The molecule has 0 amide bonds. The van der Waals surface area contributed by atoms with Gasteiger partial charge in [0.2, 0.25) is 0 Å². The second kappa shape index (κ2) is 8.33. The molecule has 1 aliphatic heterocycles. The van der Waals surface area contributed by atoms with E-state index in [1.807, 2.05) is 22.9 Å². The first-order valence-corrected chi connectivity index (χ1v) is 7.85. The van der Waals surface area contributed by atoms with Gasteiger partial charge in [-0.25, -0.2) is 9.98 Å². The number of aromatic nitrogens is 2. The van der Waals surface area contributed by atoms with E-state index in [-0.39, 0.29) is 24.0 Å². The van der Waals surface area contributed by atoms with Crippen LogP contribution >= 0.6 is 24.0 Å². The Kier molecular flexibility index (Phi) is 6.44. The summed E-state index contributed by atoms with van der Waals surface area (Å²) in [5.41, 5.74) is 8.43. The zero-order valence-electron chi connectivity index (χ0n) is 13.4. The van der Waals surface area contributed by atoms with Crippen LogP contribution in [0.5, 0.6) is 0 Å². The maximum atomic E-state index is 6.18. The Hall–Kier alpha value is -1.57. The van der Waals surface area contributed by atoms with Gasteiger partial charge in [0.25, 0.3) is 0 Å². The number of likely N-dealkylation sites (tertiary alicyclic amines) is 1. The molecule has 124 valence electrons. The third-order valence-corrected chi connectivity index (χ3v) is 4.17. The van der Waals surface area contributed by atoms with E-state index in [9.17, 15) is 0 Å². The standard InChI is InChI=1S/C17H23N5.HI/c1-14-5-4-9-21(12-14)17(18)20-11-15-6-2-3-7-16(15)22-10-8-19-13-22;/h2-3,6-8,10,13-14H,4-5,9,11-12H2,1H3,(H2,18,20);1H. The number of piperidine rings is 1. The minimum Gasteiger partial charge on any atom is -0.370 e. The van der Waals surface area contributed by atoms with Crippen molar-refractivity contribution in [1.82, 2.24) is 14.5 Å². The first-order chi connectivity index (χ1) is 10.7. The molecular formula is C17H24IN5. The highest BCUT2D eigenvalue weighted by Crippen LogP contribution is 2.17. The van der Waals surface area contributed by atoms with Crippen LogP contribution < -0.4 is 5.73 Å². The molecule has 2 aromatic rings. The number of para-hydroxylation sites is 1. The van der Waals surface area contributed by atoms with Gasteiger partial charge >= 0.3 is 0 Å². The second-order valence-corrected chi connectivity index (χ2v) is 5.97. The van der Waals surface area contributed by atoms with Crippen molar-refractivity contribution in [2.24, 2.45) is 16.6 Å². The normalized spacial score (nSPS) is 18.6. The van der Waals surface area contributed by atoms with Gasteiger partial charge in [-0.3, -0.25) is 0 Å². The highest BCUT2D eigenvalue weighted by atomic mass is 127.